The van der Waals surface area contributed by atoms with Gasteiger partial charge >= 0.3 is 0 Å². The molecule has 2 rings (SSSR count). The van der Waals surface area contributed by atoms with Gasteiger partial charge < -0.3 is 15.4 Å². The van der Waals surface area contributed by atoms with E-state index in [9.17, 15) is 0 Å². The highest BCUT2D eigenvalue weighted by atomic mass is 35.5. The first-order chi connectivity index (χ1) is 7.79. The predicted octanol–water partition coefficient (Wildman–Crippen LogP) is 0.545. The molecule has 0 saturated carbocycles. The van der Waals surface area contributed by atoms with Crippen molar-refractivity contribution in [2.24, 2.45) is 5.73 Å². The molecule has 0 spiro atoms. The van der Waals surface area contributed by atoms with Gasteiger partial charge in [0.25, 0.3) is 0 Å². The third kappa shape index (κ3) is 3.80. The average Bonchev–Trinajstić information content (AvgIpc) is 2.30. The number of ether oxygens (including phenoxy) is 1. The fraction of sp³-hybridized carbons (Fsp3) is 0.636. The first-order valence-electron chi connectivity index (χ1n) is 5.67. The average molecular weight is 259 g/mol. The van der Waals surface area contributed by atoms with Gasteiger partial charge in [0.05, 0.1) is 13.2 Å². The molecule has 0 atom stereocenters. The molecule has 1 fully saturated rings. The van der Waals surface area contributed by atoms with Gasteiger partial charge in [0.1, 0.15) is 0 Å². The largest absolute Gasteiger partial charge is 0.378 e. The lowest BCUT2D eigenvalue weighted by Crippen LogP contribution is -2.37. The highest BCUT2D eigenvalue weighted by Crippen LogP contribution is 2.12. The second kappa shape index (κ2) is 6.74. The van der Waals surface area contributed by atoms with Crippen LogP contribution >= 0.6 is 12.4 Å². The third-order valence-electron chi connectivity index (χ3n) is 2.59. The maximum absolute atomic E-state index is 5.55. The molecular formula is C11H19ClN4O. The van der Waals surface area contributed by atoms with Crippen LogP contribution in [-0.4, -0.2) is 42.8 Å². The number of nitrogens with zero attached hydrogens (tertiary/aromatic N) is 3. The smallest absolute Gasteiger partial charge is 0.225 e. The molecule has 0 aromatic carbocycles. The monoisotopic (exact) mass is 258 g/mol. The number of morpholine rings is 1. The Morgan fingerprint density at radius 1 is 1.35 bits per heavy atom. The summed E-state index contributed by atoms with van der Waals surface area (Å²) in [4.78, 5) is 11.1. The number of aryl methyl sites for hydroxylation is 1. The van der Waals surface area contributed by atoms with E-state index in [1.54, 1.807) is 0 Å². The predicted molar refractivity (Wildman–Crippen MR) is 69.8 cm³/mol. The Morgan fingerprint density at radius 3 is 2.71 bits per heavy atom. The van der Waals surface area contributed by atoms with E-state index in [-0.39, 0.29) is 12.4 Å². The summed E-state index contributed by atoms with van der Waals surface area (Å²) in [5.74, 6) is 0.812. The topological polar surface area (TPSA) is 64.3 Å². The SMILES string of the molecule is Cc1cc(CCN)nc(N2CCOCC2)n1.Cl. The van der Waals surface area contributed by atoms with Gasteiger partial charge in [0, 0.05) is 30.9 Å². The van der Waals surface area contributed by atoms with Gasteiger partial charge in [-0.05, 0) is 19.5 Å². The Morgan fingerprint density at radius 2 is 2.06 bits per heavy atom. The fourth-order valence-electron chi connectivity index (χ4n) is 1.80. The minimum Gasteiger partial charge on any atom is -0.378 e. The van der Waals surface area contributed by atoms with Crippen LogP contribution in [-0.2, 0) is 11.2 Å². The van der Waals surface area contributed by atoms with Gasteiger partial charge in [-0.2, -0.15) is 0 Å². The molecule has 1 aliphatic rings. The Bertz CT molecular complexity index is 355. The summed E-state index contributed by atoms with van der Waals surface area (Å²) in [6.07, 6.45) is 0.806. The zero-order chi connectivity index (χ0) is 11.4. The molecule has 17 heavy (non-hydrogen) atoms. The Kier molecular flexibility index (Phi) is 5.61. The Balaban J connectivity index is 0.00000144. The Hall–Kier alpha value is -0.910. The molecule has 1 aromatic heterocycles. The zero-order valence-electron chi connectivity index (χ0n) is 10.1. The van der Waals surface area contributed by atoms with E-state index >= 15 is 0 Å². The van der Waals surface area contributed by atoms with Gasteiger partial charge in [0.15, 0.2) is 0 Å². The highest BCUT2D eigenvalue weighted by molar-refractivity contribution is 5.85. The molecule has 0 unspecified atom stereocenters. The van der Waals surface area contributed by atoms with Crippen molar-refractivity contribution >= 4 is 18.4 Å². The van der Waals surface area contributed by atoms with Crippen molar-refractivity contribution in [2.45, 2.75) is 13.3 Å². The second-order valence-electron chi connectivity index (χ2n) is 3.94. The van der Waals surface area contributed by atoms with Crippen LogP contribution in [0.2, 0.25) is 0 Å². The van der Waals surface area contributed by atoms with Crippen molar-refractivity contribution in [3.63, 3.8) is 0 Å². The molecule has 2 heterocycles. The standard InChI is InChI=1S/C11H18N4O.ClH/c1-9-8-10(2-3-12)14-11(13-9)15-4-6-16-7-5-15;/h8H,2-7,12H2,1H3;1H. The second-order valence-corrected chi connectivity index (χ2v) is 3.94. The summed E-state index contributed by atoms with van der Waals surface area (Å²) < 4.78 is 5.31. The normalized spacial score (nSPS) is 15.5. The van der Waals surface area contributed by atoms with Crippen LogP contribution in [0.1, 0.15) is 11.4 Å². The maximum atomic E-state index is 5.55. The molecule has 1 aliphatic heterocycles. The van der Waals surface area contributed by atoms with Crippen molar-refractivity contribution in [3.05, 3.63) is 17.5 Å². The number of rotatable bonds is 3. The van der Waals surface area contributed by atoms with Crippen LogP contribution in [0.3, 0.4) is 0 Å². The summed E-state index contributed by atoms with van der Waals surface area (Å²) in [6.45, 7) is 5.86. The fourth-order valence-corrected chi connectivity index (χ4v) is 1.80. The number of anilines is 1. The lowest BCUT2D eigenvalue weighted by Gasteiger charge is -2.27. The number of aromatic nitrogens is 2. The van der Waals surface area contributed by atoms with E-state index in [0.717, 1.165) is 50.1 Å². The van der Waals surface area contributed by atoms with E-state index in [1.807, 2.05) is 13.0 Å². The van der Waals surface area contributed by atoms with Crippen LogP contribution in [0.15, 0.2) is 6.07 Å². The van der Waals surface area contributed by atoms with Gasteiger partial charge in [0.2, 0.25) is 5.95 Å². The summed E-state index contributed by atoms with van der Waals surface area (Å²) in [7, 11) is 0. The molecule has 0 amide bonds. The molecular weight excluding hydrogens is 240 g/mol. The molecule has 1 saturated heterocycles. The molecule has 96 valence electrons. The maximum Gasteiger partial charge on any atom is 0.225 e. The number of hydrogen-bond donors (Lipinski definition) is 1. The molecule has 2 N–H and O–H groups in total. The van der Waals surface area contributed by atoms with Gasteiger partial charge in [-0.25, -0.2) is 9.97 Å². The molecule has 0 radical (unpaired) electrons. The third-order valence-corrected chi connectivity index (χ3v) is 2.59. The molecule has 0 aliphatic carbocycles. The molecule has 5 nitrogen and oxygen atoms in total. The Labute approximate surface area is 108 Å². The molecule has 1 aromatic rings. The first kappa shape index (κ1) is 14.2. The van der Waals surface area contributed by atoms with Crippen LogP contribution in [0, 0.1) is 6.92 Å². The summed E-state index contributed by atoms with van der Waals surface area (Å²) in [6, 6.07) is 2.00. The van der Waals surface area contributed by atoms with E-state index in [4.69, 9.17) is 10.5 Å². The van der Waals surface area contributed by atoms with Crippen molar-refractivity contribution < 1.29 is 4.74 Å². The highest BCUT2D eigenvalue weighted by Gasteiger charge is 2.14. The van der Waals surface area contributed by atoms with Gasteiger partial charge in [-0.15, -0.1) is 12.4 Å². The van der Waals surface area contributed by atoms with Crippen LogP contribution in [0.5, 0.6) is 0 Å². The summed E-state index contributed by atoms with van der Waals surface area (Å²) >= 11 is 0. The van der Waals surface area contributed by atoms with E-state index in [1.165, 1.54) is 0 Å². The van der Waals surface area contributed by atoms with Crippen molar-refractivity contribution in [2.75, 3.05) is 37.7 Å². The summed E-state index contributed by atoms with van der Waals surface area (Å²) in [5, 5.41) is 0. The van der Waals surface area contributed by atoms with E-state index < -0.39 is 0 Å². The van der Waals surface area contributed by atoms with Crippen molar-refractivity contribution in [1.82, 2.24) is 9.97 Å². The number of hydrogen-bond acceptors (Lipinski definition) is 5. The zero-order valence-corrected chi connectivity index (χ0v) is 10.9. The summed E-state index contributed by atoms with van der Waals surface area (Å²) in [5.41, 5.74) is 7.57. The van der Waals surface area contributed by atoms with Gasteiger partial charge in [-0.3, -0.25) is 0 Å². The first-order valence-corrected chi connectivity index (χ1v) is 5.67. The van der Waals surface area contributed by atoms with E-state index in [2.05, 4.69) is 14.9 Å². The van der Waals surface area contributed by atoms with E-state index in [0.29, 0.717) is 6.54 Å². The quantitative estimate of drug-likeness (QED) is 0.858. The van der Waals surface area contributed by atoms with Gasteiger partial charge in [-0.1, -0.05) is 0 Å². The van der Waals surface area contributed by atoms with Crippen molar-refractivity contribution in [1.29, 1.82) is 0 Å². The number of halogens is 1. The molecule has 0 bridgehead atoms. The van der Waals surface area contributed by atoms with Crippen LogP contribution in [0.4, 0.5) is 5.95 Å². The van der Waals surface area contributed by atoms with Crippen LogP contribution < -0.4 is 10.6 Å². The van der Waals surface area contributed by atoms with Crippen LogP contribution in [0.25, 0.3) is 0 Å². The lowest BCUT2D eigenvalue weighted by molar-refractivity contribution is 0.122. The molecule has 6 heteroatoms. The lowest BCUT2D eigenvalue weighted by atomic mass is 10.2. The number of nitrogens with two attached hydrogens (primary N) is 1. The minimum absolute atomic E-state index is 0. The van der Waals surface area contributed by atoms with Crippen molar-refractivity contribution in [3.8, 4) is 0 Å². The minimum atomic E-state index is 0.